The fourth-order valence-electron chi connectivity index (χ4n) is 2.41. The number of hydrogen-bond donors (Lipinski definition) is 0. The molecule has 0 saturated carbocycles. The van der Waals surface area contributed by atoms with Crippen molar-refractivity contribution < 1.29 is 8.81 Å². The minimum absolute atomic E-state index is 0.101. The van der Waals surface area contributed by atoms with Crippen LogP contribution in [0.25, 0.3) is 11.5 Å². The van der Waals surface area contributed by atoms with Crippen molar-refractivity contribution in [3.05, 3.63) is 70.3 Å². The molecule has 0 radical (unpaired) electrons. The molecule has 0 amide bonds. The van der Waals surface area contributed by atoms with Crippen molar-refractivity contribution >= 4 is 15.9 Å². The molecule has 0 aliphatic carbocycles. The average molecular weight is 390 g/mol. The molecule has 2 aromatic carbocycles. The maximum absolute atomic E-state index is 13.0. The van der Waals surface area contributed by atoms with E-state index in [0.29, 0.717) is 18.3 Å². The maximum Gasteiger partial charge on any atom is 0.248 e. The Morgan fingerprint density at radius 1 is 1.12 bits per heavy atom. The van der Waals surface area contributed by atoms with E-state index in [0.717, 1.165) is 15.6 Å². The molecular formula is C18H17BrFN3O. The summed E-state index contributed by atoms with van der Waals surface area (Å²) >= 11 is 3.48. The van der Waals surface area contributed by atoms with Crippen molar-refractivity contribution in [2.75, 3.05) is 7.05 Å². The first kappa shape index (κ1) is 16.8. The van der Waals surface area contributed by atoms with Crippen LogP contribution in [0.15, 0.2) is 57.4 Å². The van der Waals surface area contributed by atoms with Gasteiger partial charge in [0.05, 0.1) is 12.1 Å². The molecule has 0 spiro atoms. The highest BCUT2D eigenvalue weighted by Crippen LogP contribution is 2.27. The molecule has 1 heterocycles. The Labute approximate surface area is 148 Å². The largest absolute Gasteiger partial charge is 0.419 e. The molecule has 0 fully saturated rings. The van der Waals surface area contributed by atoms with Gasteiger partial charge in [0.2, 0.25) is 11.8 Å². The standard InChI is InChI=1S/C18H17BrFN3O/c1-12(13-7-9-14(20)10-8-13)23(2)11-17-21-22-18(24-17)15-5-3-4-6-16(15)19/h3-10,12H,11H2,1-2H3. The van der Waals surface area contributed by atoms with Crippen LogP contribution in [0.1, 0.15) is 24.4 Å². The lowest BCUT2D eigenvalue weighted by molar-refractivity contribution is 0.228. The third-order valence-electron chi connectivity index (χ3n) is 3.97. The van der Waals surface area contributed by atoms with Crippen molar-refractivity contribution in [2.24, 2.45) is 0 Å². The fraction of sp³-hybridized carbons (Fsp3) is 0.222. The number of halogens is 2. The Bertz CT molecular complexity index is 819. The van der Waals surface area contributed by atoms with Gasteiger partial charge in [-0.05, 0) is 59.7 Å². The highest BCUT2D eigenvalue weighted by Gasteiger charge is 2.16. The molecule has 0 bridgehead atoms. The zero-order valence-corrected chi connectivity index (χ0v) is 15.0. The summed E-state index contributed by atoms with van der Waals surface area (Å²) in [6.07, 6.45) is 0. The number of benzene rings is 2. The van der Waals surface area contributed by atoms with Gasteiger partial charge in [-0.15, -0.1) is 10.2 Å². The highest BCUT2D eigenvalue weighted by atomic mass is 79.9. The van der Waals surface area contributed by atoms with E-state index < -0.39 is 0 Å². The molecule has 124 valence electrons. The molecule has 3 rings (SSSR count). The van der Waals surface area contributed by atoms with Gasteiger partial charge < -0.3 is 4.42 Å². The number of hydrogen-bond acceptors (Lipinski definition) is 4. The topological polar surface area (TPSA) is 42.2 Å². The van der Waals surface area contributed by atoms with E-state index in [4.69, 9.17) is 4.42 Å². The molecule has 0 N–H and O–H groups in total. The number of aromatic nitrogens is 2. The quantitative estimate of drug-likeness (QED) is 0.626. The predicted octanol–water partition coefficient (Wildman–Crippen LogP) is 4.83. The van der Waals surface area contributed by atoms with E-state index >= 15 is 0 Å². The summed E-state index contributed by atoms with van der Waals surface area (Å²) in [5.41, 5.74) is 1.90. The van der Waals surface area contributed by atoms with Gasteiger partial charge in [-0.2, -0.15) is 0 Å². The highest BCUT2D eigenvalue weighted by molar-refractivity contribution is 9.10. The first-order chi connectivity index (χ1) is 11.5. The van der Waals surface area contributed by atoms with Crippen molar-refractivity contribution in [1.82, 2.24) is 15.1 Å². The SMILES string of the molecule is CC(c1ccc(F)cc1)N(C)Cc1nnc(-c2ccccc2Br)o1. The van der Waals surface area contributed by atoms with Crippen LogP contribution in [0, 0.1) is 5.82 Å². The molecule has 3 aromatic rings. The van der Waals surface area contributed by atoms with Gasteiger partial charge in [-0.25, -0.2) is 4.39 Å². The van der Waals surface area contributed by atoms with E-state index in [1.54, 1.807) is 12.1 Å². The van der Waals surface area contributed by atoms with Crippen LogP contribution in [0.4, 0.5) is 4.39 Å². The van der Waals surface area contributed by atoms with Crippen molar-refractivity contribution in [2.45, 2.75) is 19.5 Å². The summed E-state index contributed by atoms with van der Waals surface area (Å²) in [7, 11) is 1.97. The smallest absolute Gasteiger partial charge is 0.248 e. The zero-order valence-electron chi connectivity index (χ0n) is 13.4. The summed E-state index contributed by atoms with van der Waals surface area (Å²) in [5, 5.41) is 8.25. The van der Waals surface area contributed by atoms with Gasteiger partial charge in [0.1, 0.15) is 5.82 Å². The van der Waals surface area contributed by atoms with Crippen LogP contribution in [0.3, 0.4) is 0 Å². The molecule has 24 heavy (non-hydrogen) atoms. The van der Waals surface area contributed by atoms with Crippen LogP contribution in [0.2, 0.25) is 0 Å². The molecule has 4 nitrogen and oxygen atoms in total. The normalized spacial score (nSPS) is 12.5. The first-order valence-corrected chi connectivity index (χ1v) is 8.37. The maximum atomic E-state index is 13.0. The van der Waals surface area contributed by atoms with Crippen molar-refractivity contribution in [3.63, 3.8) is 0 Å². The third kappa shape index (κ3) is 3.71. The zero-order chi connectivity index (χ0) is 17.1. The molecule has 0 saturated heterocycles. The molecular weight excluding hydrogens is 373 g/mol. The van der Waals surface area contributed by atoms with Gasteiger partial charge in [0.25, 0.3) is 0 Å². The monoisotopic (exact) mass is 389 g/mol. The Kier molecular flexibility index (Phi) is 5.06. The minimum atomic E-state index is -0.233. The Morgan fingerprint density at radius 2 is 1.83 bits per heavy atom. The second-order valence-corrected chi connectivity index (χ2v) is 6.48. The summed E-state index contributed by atoms with van der Waals surface area (Å²) < 4.78 is 19.7. The summed E-state index contributed by atoms with van der Waals surface area (Å²) in [4.78, 5) is 2.07. The Hall–Kier alpha value is -2.05. The fourth-order valence-corrected chi connectivity index (χ4v) is 2.86. The lowest BCUT2D eigenvalue weighted by atomic mass is 10.1. The average Bonchev–Trinajstić information content (AvgIpc) is 3.03. The summed E-state index contributed by atoms with van der Waals surface area (Å²) in [5.74, 6) is 0.793. The van der Waals surface area contributed by atoms with Gasteiger partial charge in [0, 0.05) is 10.5 Å². The Morgan fingerprint density at radius 3 is 2.54 bits per heavy atom. The number of nitrogens with zero attached hydrogens (tertiary/aromatic N) is 3. The van der Waals surface area contributed by atoms with Gasteiger partial charge >= 0.3 is 0 Å². The molecule has 1 unspecified atom stereocenters. The van der Waals surface area contributed by atoms with Gasteiger partial charge in [0.15, 0.2) is 0 Å². The van der Waals surface area contributed by atoms with Crippen LogP contribution < -0.4 is 0 Å². The van der Waals surface area contributed by atoms with Crippen molar-refractivity contribution in [3.8, 4) is 11.5 Å². The van der Waals surface area contributed by atoms with Crippen LogP contribution in [-0.4, -0.2) is 22.1 Å². The first-order valence-electron chi connectivity index (χ1n) is 7.57. The van der Waals surface area contributed by atoms with E-state index in [2.05, 4.69) is 38.0 Å². The second-order valence-electron chi connectivity index (χ2n) is 5.62. The molecule has 1 aromatic heterocycles. The minimum Gasteiger partial charge on any atom is -0.419 e. The van der Waals surface area contributed by atoms with Crippen LogP contribution in [0.5, 0.6) is 0 Å². The van der Waals surface area contributed by atoms with Crippen molar-refractivity contribution in [1.29, 1.82) is 0 Å². The van der Waals surface area contributed by atoms with E-state index in [1.165, 1.54) is 12.1 Å². The molecule has 1 atom stereocenters. The lowest BCUT2D eigenvalue weighted by Crippen LogP contribution is -2.22. The predicted molar refractivity (Wildman–Crippen MR) is 93.7 cm³/mol. The van der Waals surface area contributed by atoms with Crippen LogP contribution >= 0.6 is 15.9 Å². The van der Waals surface area contributed by atoms with E-state index in [1.807, 2.05) is 31.3 Å². The number of rotatable bonds is 5. The second kappa shape index (κ2) is 7.23. The molecule has 0 aliphatic rings. The summed E-state index contributed by atoms with van der Waals surface area (Å²) in [6, 6.07) is 14.3. The molecule has 6 heteroatoms. The van der Waals surface area contributed by atoms with Crippen LogP contribution in [-0.2, 0) is 6.54 Å². The lowest BCUT2D eigenvalue weighted by Gasteiger charge is -2.23. The van der Waals surface area contributed by atoms with Gasteiger partial charge in [-0.1, -0.05) is 24.3 Å². The van der Waals surface area contributed by atoms with E-state index in [-0.39, 0.29) is 11.9 Å². The summed E-state index contributed by atoms with van der Waals surface area (Å²) in [6.45, 7) is 2.56. The van der Waals surface area contributed by atoms with E-state index in [9.17, 15) is 4.39 Å². The van der Waals surface area contributed by atoms with Gasteiger partial charge in [-0.3, -0.25) is 4.90 Å². The molecule has 0 aliphatic heterocycles. The Balaban J connectivity index is 1.72. The third-order valence-corrected chi connectivity index (χ3v) is 4.66.